The van der Waals surface area contributed by atoms with E-state index in [9.17, 15) is 4.79 Å². The summed E-state index contributed by atoms with van der Waals surface area (Å²) in [4.78, 5) is 15.0. The zero-order valence-corrected chi connectivity index (χ0v) is 12.7. The maximum Gasteiger partial charge on any atom is 0.254 e. The van der Waals surface area contributed by atoms with E-state index in [1.54, 1.807) is 0 Å². The van der Waals surface area contributed by atoms with Crippen molar-refractivity contribution in [3.63, 3.8) is 0 Å². The molecule has 0 spiro atoms. The predicted molar refractivity (Wildman–Crippen MR) is 88.0 cm³/mol. The highest BCUT2D eigenvalue weighted by Gasteiger charge is 2.38. The number of aryl methyl sites for hydroxylation is 1. The molecule has 1 heterocycles. The van der Waals surface area contributed by atoms with E-state index in [-0.39, 0.29) is 5.91 Å². The van der Waals surface area contributed by atoms with Crippen LogP contribution in [0.15, 0.2) is 54.6 Å². The summed E-state index contributed by atoms with van der Waals surface area (Å²) in [5.74, 6) is 0.723. The standard InChI is InChI=1S/C20H21NO/c22-20(16-8-2-1-3-9-16)21-14-6-11-18-17-10-5-4-7-15(17)12-13-19(18)21/h1-5,7-10,18-19H,6,11-14H2. The summed E-state index contributed by atoms with van der Waals surface area (Å²) in [5, 5.41) is 0. The van der Waals surface area contributed by atoms with Gasteiger partial charge in [-0.1, -0.05) is 42.5 Å². The molecule has 22 heavy (non-hydrogen) atoms. The Morgan fingerprint density at radius 1 is 0.955 bits per heavy atom. The molecule has 1 aliphatic heterocycles. The number of amides is 1. The second kappa shape index (κ2) is 5.60. The number of benzene rings is 2. The van der Waals surface area contributed by atoms with Crippen molar-refractivity contribution in [3.8, 4) is 0 Å². The molecular formula is C20H21NO. The quantitative estimate of drug-likeness (QED) is 0.777. The fourth-order valence-electron chi connectivity index (χ4n) is 4.20. The number of rotatable bonds is 1. The highest BCUT2D eigenvalue weighted by molar-refractivity contribution is 5.94. The molecule has 4 rings (SSSR count). The van der Waals surface area contributed by atoms with E-state index in [1.807, 2.05) is 30.3 Å². The van der Waals surface area contributed by atoms with Crippen molar-refractivity contribution in [3.05, 3.63) is 71.3 Å². The van der Waals surface area contributed by atoms with Crippen LogP contribution in [0.4, 0.5) is 0 Å². The van der Waals surface area contributed by atoms with E-state index in [4.69, 9.17) is 0 Å². The fourth-order valence-corrected chi connectivity index (χ4v) is 4.20. The Morgan fingerprint density at radius 3 is 2.59 bits per heavy atom. The van der Waals surface area contributed by atoms with E-state index < -0.39 is 0 Å². The van der Waals surface area contributed by atoms with Gasteiger partial charge in [0.15, 0.2) is 0 Å². The summed E-state index contributed by atoms with van der Waals surface area (Å²) in [7, 11) is 0. The lowest BCUT2D eigenvalue weighted by molar-refractivity contribution is 0.0547. The van der Waals surface area contributed by atoms with Gasteiger partial charge in [0, 0.05) is 24.1 Å². The Labute approximate surface area is 131 Å². The van der Waals surface area contributed by atoms with Crippen molar-refractivity contribution in [2.45, 2.75) is 37.6 Å². The summed E-state index contributed by atoms with van der Waals surface area (Å²) in [6, 6.07) is 18.9. The van der Waals surface area contributed by atoms with Crippen LogP contribution in [-0.4, -0.2) is 23.4 Å². The first kappa shape index (κ1) is 13.6. The van der Waals surface area contributed by atoms with Gasteiger partial charge in [-0.3, -0.25) is 4.79 Å². The monoisotopic (exact) mass is 291 g/mol. The van der Waals surface area contributed by atoms with Crippen LogP contribution in [-0.2, 0) is 6.42 Å². The Kier molecular flexibility index (Phi) is 3.45. The molecule has 0 saturated carbocycles. The Bertz CT molecular complexity index is 679. The maximum absolute atomic E-state index is 12.9. The minimum atomic E-state index is 0.203. The number of hydrogen-bond donors (Lipinski definition) is 0. The smallest absolute Gasteiger partial charge is 0.254 e. The van der Waals surface area contributed by atoms with Gasteiger partial charge in [0.05, 0.1) is 0 Å². The number of nitrogens with zero attached hydrogens (tertiary/aromatic N) is 1. The van der Waals surface area contributed by atoms with Crippen LogP contribution in [0.2, 0.25) is 0 Å². The fraction of sp³-hybridized carbons (Fsp3) is 0.350. The third-order valence-electron chi connectivity index (χ3n) is 5.22. The second-order valence-corrected chi connectivity index (χ2v) is 6.42. The molecule has 2 aromatic carbocycles. The Balaban J connectivity index is 1.65. The topological polar surface area (TPSA) is 20.3 Å². The normalized spacial score (nSPS) is 23.5. The number of hydrogen-bond acceptors (Lipinski definition) is 1. The zero-order chi connectivity index (χ0) is 14.9. The molecule has 2 atom stereocenters. The highest BCUT2D eigenvalue weighted by atomic mass is 16.2. The molecule has 2 heteroatoms. The molecular weight excluding hydrogens is 270 g/mol. The molecule has 2 aromatic rings. The first-order valence-electron chi connectivity index (χ1n) is 8.28. The van der Waals surface area contributed by atoms with Crippen molar-refractivity contribution in [2.75, 3.05) is 6.54 Å². The van der Waals surface area contributed by atoms with Gasteiger partial charge in [0.1, 0.15) is 0 Å². The molecule has 112 valence electrons. The average Bonchev–Trinajstić information content (AvgIpc) is 2.61. The van der Waals surface area contributed by atoms with E-state index in [0.717, 1.165) is 31.4 Å². The average molecular weight is 291 g/mol. The van der Waals surface area contributed by atoms with Crippen LogP contribution in [0, 0.1) is 0 Å². The van der Waals surface area contributed by atoms with E-state index in [2.05, 4.69) is 29.2 Å². The van der Waals surface area contributed by atoms with Crippen molar-refractivity contribution >= 4 is 5.91 Å². The first-order chi connectivity index (χ1) is 10.8. The molecule has 0 radical (unpaired) electrons. The second-order valence-electron chi connectivity index (χ2n) is 6.42. The molecule has 2 aliphatic rings. The van der Waals surface area contributed by atoms with Crippen LogP contribution in [0.3, 0.4) is 0 Å². The van der Waals surface area contributed by atoms with Crippen molar-refractivity contribution in [1.82, 2.24) is 4.90 Å². The SMILES string of the molecule is O=C(c1ccccc1)N1CCCC2c3ccccc3CCC21. The number of carbonyl (C=O) groups is 1. The molecule has 2 unspecified atom stereocenters. The van der Waals surface area contributed by atoms with E-state index in [1.165, 1.54) is 17.5 Å². The third kappa shape index (κ3) is 2.23. The summed E-state index contributed by atoms with van der Waals surface area (Å²) >= 11 is 0. The number of likely N-dealkylation sites (tertiary alicyclic amines) is 1. The minimum Gasteiger partial charge on any atom is -0.335 e. The highest BCUT2D eigenvalue weighted by Crippen LogP contribution is 2.40. The van der Waals surface area contributed by atoms with Gasteiger partial charge < -0.3 is 4.90 Å². The van der Waals surface area contributed by atoms with Crippen molar-refractivity contribution < 1.29 is 4.79 Å². The minimum absolute atomic E-state index is 0.203. The number of piperidine rings is 1. The van der Waals surface area contributed by atoms with Gasteiger partial charge in [-0.2, -0.15) is 0 Å². The first-order valence-corrected chi connectivity index (χ1v) is 8.28. The molecule has 0 aromatic heterocycles. The van der Waals surface area contributed by atoms with Gasteiger partial charge in [0.25, 0.3) is 5.91 Å². The van der Waals surface area contributed by atoms with Gasteiger partial charge in [0.2, 0.25) is 0 Å². The van der Waals surface area contributed by atoms with Gasteiger partial charge in [-0.25, -0.2) is 0 Å². The predicted octanol–water partition coefficient (Wildman–Crippen LogP) is 4.02. The van der Waals surface area contributed by atoms with Crippen LogP contribution < -0.4 is 0 Å². The van der Waals surface area contributed by atoms with Crippen LogP contribution in [0.25, 0.3) is 0 Å². The molecule has 1 aliphatic carbocycles. The van der Waals surface area contributed by atoms with Gasteiger partial charge in [-0.05, 0) is 48.9 Å². The van der Waals surface area contributed by atoms with Crippen molar-refractivity contribution in [2.24, 2.45) is 0 Å². The Hall–Kier alpha value is -2.09. The molecule has 0 bridgehead atoms. The summed E-state index contributed by atoms with van der Waals surface area (Å²) in [6.07, 6.45) is 4.50. The molecule has 1 fully saturated rings. The van der Waals surface area contributed by atoms with E-state index in [0.29, 0.717) is 12.0 Å². The third-order valence-corrected chi connectivity index (χ3v) is 5.22. The lowest BCUT2D eigenvalue weighted by Gasteiger charge is -2.45. The summed E-state index contributed by atoms with van der Waals surface area (Å²) in [6.45, 7) is 0.900. The zero-order valence-electron chi connectivity index (χ0n) is 12.7. The lowest BCUT2D eigenvalue weighted by Crippen LogP contribution is -2.49. The molecule has 1 saturated heterocycles. The summed E-state index contributed by atoms with van der Waals surface area (Å²) in [5.41, 5.74) is 3.78. The number of carbonyl (C=O) groups excluding carboxylic acids is 1. The summed E-state index contributed by atoms with van der Waals surface area (Å²) < 4.78 is 0. The van der Waals surface area contributed by atoms with Crippen LogP contribution in [0.1, 0.15) is 46.7 Å². The van der Waals surface area contributed by atoms with Gasteiger partial charge in [-0.15, -0.1) is 0 Å². The largest absolute Gasteiger partial charge is 0.335 e. The molecule has 2 nitrogen and oxygen atoms in total. The molecule has 0 N–H and O–H groups in total. The Morgan fingerprint density at radius 2 is 1.73 bits per heavy atom. The van der Waals surface area contributed by atoms with Crippen molar-refractivity contribution in [1.29, 1.82) is 0 Å². The lowest BCUT2D eigenvalue weighted by atomic mass is 9.74. The van der Waals surface area contributed by atoms with Gasteiger partial charge >= 0.3 is 0 Å². The van der Waals surface area contributed by atoms with Crippen LogP contribution >= 0.6 is 0 Å². The van der Waals surface area contributed by atoms with E-state index >= 15 is 0 Å². The molecule has 1 amide bonds. The van der Waals surface area contributed by atoms with Crippen LogP contribution in [0.5, 0.6) is 0 Å². The number of fused-ring (bicyclic) bond motifs is 3. The maximum atomic E-state index is 12.9.